The maximum absolute atomic E-state index is 6.34. The molecule has 0 amide bonds. The van der Waals surface area contributed by atoms with E-state index in [1.165, 1.54) is 0 Å². The Kier molecular flexibility index (Phi) is 6.75. The molecule has 0 saturated heterocycles. The van der Waals surface area contributed by atoms with Crippen LogP contribution >= 0.6 is 34.8 Å². The molecule has 2 rings (SSSR count). The summed E-state index contributed by atoms with van der Waals surface area (Å²) in [5.41, 5.74) is 0. The molecule has 2 aromatic carbocycles. The third kappa shape index (κ3) is 4.32. The summed E-state index contributed by atoms with van der Waals surface area (Å²) < 4.78 is 11.6. The van der Waals surface area contributed by atoms with E-state index in [0.29, 0.717) is 35.7 Å². The molecule has 0 heterocycles. The van der Waals surface area contributed by atoms with Crippen molar-refractivity contribution in [3.63, 3.8) is 0 Å². The van der Waals surface area contributed by atoms with Crippen LogP contribution in [0, 0.1) is 0 Å². The highest BCUT2D eigenvalue weighted by molar-refractivity contribution is 6.33. The second kappa shape index (κ2) is 8.57. The molecule has 0 radical (unpaired) electrons. The zero-order valence-electron chi connectivity index (χ0n) is 11.6. The number of hydrogen-bond donors (Lipinski definition) is 0. The van der Waals surface area contributed by atoms with Crippen LogP contribution in [0.3, 0.4) is 0 Å². The van der Waals surface area contributed by atoms with Gasteiger partial charge in [0.25, 0.3) is 0 Å². The normalized spacial score (nSPS) is 10.8. The Bertz CT molecular complexity index is 587. The van der Waals surface area contributed by atoms with Crippen molar-refractivity contribution in [3.05, 3.63) is 35.4 Å². The first-order valence-corrected chi connectivity index (χ1v) is 8.31. The first kappa shape index (κ1) is 16.5. The van der Waals surface area contributed by atoms with Crippen molar-refractivity contribution in [2.45, 2.75) is 12.8 Å². The summed E-state index contributed by atoms with van der Waals surface area (Å²) in [5, 5.41) is 2.47. The van der Waals surface area contributed by atoms with Crippen LogP contribution < -0.4 is 9.47 Å². The molecule has 21 heavy (non-hydrogen) atoms. The Labute approximate surface area is 139 Å². The molecule has 0 aliphatic rings. The minimum Gasteiger partial charge on any atom is -0.493 e. The summed E-state index contributed by atoms with van der Waals surface area (Å²) in [7, 11) is 0. The maximum atomic E-state index is 6.34. The SMILES string of the molecule is ClCCCOc1cc(Cl)c(OCCCCl)c2ccccc12. The van der Waals surface area contributed by atoms with Crippen molar-refractivity contribution in [2.24, 2.45) is 0 Å². The van der Waals surface area contributed by atoms with Crippen LogP contribution in [0.2, 0.25) is 5.02 Å². The molecule has 0 atom stereocenters. The lowest BCUT2D eigenvalue weighted by atomic mass is 10.1. The van der Waals surface area contributed by atoms with Crippen molar-refractivity contribution < 1.29 is 9.47 Å². The molecular formula is C16H17Cl3O2. The van der Waals surface area contributed by atoms with Gasteiger partial charge in [0.15, 0.2) is 0 Å². The fraction of sp³-hybridized carbons (Fsp3) is 0.375. The van der Waals surface area contributed by atoms with Gasteiger partial charge in [0.2, 0.25) is 0 Å². The topological polar surface area (TPSA) is 18.5 Å². The first-order valence-electron chi connectivity index (χ1n) is 6.86. The molecule has 2 nitrogen and oxygen atoms in total. The third-order valence-electron chi connectivity index (χ3n) is 2.97. The zero-order chi connectivity index (χ0) is 15.1. The average molecular weight is 348 g/mol. The molecule has 5 heteroatoms. The van der Waals surface area contributed by atoms with Crippen LogP contribution in [0.5, 0.6) is 11.5 Å². The molecule has 2 aromatic rings. The van der Waals surface area contributed by atoms with Crippen molar-refractivity contribution in [2.75, 3.05) is 25.0 Å². The minimum atomic E-state index is 0.541. The van der Waals surface area contributed by atoms with Crippen molar-refractivity contribution in [3.8, 4) is 11.5 Å². The van der Waals surface area contributed by atoms with E-state index in [1.54, 1.807) is 6.07 Å². The van der Waals surface area contributed by atoms with E-state index in [0.717, 1.165) is 29.4 Å². The van der Waals surface area contributed by atoms with Gasteiger partial charge in [0, 0.05) is 28.6 Å². The molecule has 114 valence electrons. The largest absolute Gasteiger partial charge is 0.493 e. The Morgan fingerprint density at radius 3 is 2.14 bits per heavy atom. The van der Waals surface area contributed by atoms with Crippen LogP contribution in [0.1, 0.15) is 12.8 Å². The average Bonchev–Trinajstić information content (AvgIpc) is 2.50. The molecule has 0 spiro atoms. The van der Waals surface area contributed by atoms with E-state index in [9.17, 15) is 0 Å². The number of halogens is 3. The van der Waals surface area contributed by atoms with E-state index < -0.39 is 0 Å². The van der Waals surface area contributed by atoms with E-state index in [4.69, 9.17) is 44.3 Å². The van der Waals surface area contributed by atoms with E-state index in [2.05, 4.69) is 0 Å². The summed E-state index contributed by atoms with van der Waals surface area (Å²) in [5.74, 6) is 2.58. The molecule has 0 fully saturated rings. The van der Waals surface area contributed by atoms with Crippen LogP contribution in [0.25, 0.3) is 10.8 Å². The van der Waals surface area contributed by atoms with Gasteiger partial charge >= 0.3 is 0 Å². The van der Waals surface area contributed by atoms with E-state index in [-0.39, 0.29) is 0 Å². The molecule has 0 aromatic heterocycles. The third-order valence-corrected chi connectivity index (χ3v) is 3.79. The van der Waals surface area contributed by atoms with Gasteiger partial charge in [-0.05, 0) is 12.8 Å². The highest BCUT2D eigenvalue weighted by Crippen LogP contribution is 2.39. The fourth-order valence-corrected chi connectivity index (χ4v) is 2.49. The van der Waals surface area contributed by atoms with Gasteiger partial charge in [-0.15, -0.1) is 23.2 Å². The molecule has 0 saturated carbocycles. The number of alkyl halides is 2. The van der Waals surface area contributed by atoms with Gasteiger partial charge in [0.1, 0.15) is 11.5 Å². The Hall–Kier alpha value is -0.830. The summed E-state index contributed by atoms with van der Waals surface area (Å²) >= 11 is 17.7. The molecule has 0 aliphatic carbocycles. The number of benzene rings is 2. The molecule has 0 N–H and O–H groups in total. The lowest BCUT2D eigenvalue weighted by Gasteiger charge is -2.15. The Morgan fingerprint density at radius 1 is 0.857 bits per heavy atom. The Morgan fingerprint density at radius 2 is 1.48 bits per heavy atom. The number of rotatable bonds is 8. The van der Waals surface area contributed by atoms with Crippen LogP contribution in [-0.4, -0.2) is 25.0 Å². The van der Waals surface area contributed by atoms with E-state index in [1.807, 2.05) is 24.3 Å². The van der Waals surface area contributed by atoms with Gasteiger partial charge in [-0.1, -0.05) is 35.9 Å². The van der Waals surface area contributed by atoms with E-state index >= 15 is 0 Å². The van der Waals surface area contributed by atoms with Crippen molar-refractivity contribution in [1.29, 1.82) is 0 Å². The molecule has 0 bridgehead atoms. The predicted octanol–water partition coefficient (Wildman–Crippen LogP) is 5.51. The number of hydrogen-bond acceptors (Lipinski definition) is 2. The van der Waals surface area contributed by atoms with Gasteiger partial charge in [-0.25, -0.2) is 0 Å². The quantitative estimate of drug-likeness (QED) is 0.463. The highest BCUT2D eigenvalue weighted by Gasteiger charge is 2.13. The second-order valence-corrected chi connectivity index (χ2v) is 5.68. The first-order chi connectivity index (χ1) is 10.3. The standard InChI is InChI=1S/C16H17Cl3O2/c17-7-3-9-20-15-11-14(19)16(21-10-4-8-18)13-6-2-1-5-12(13)15/h1-2,5-6,11H,3-4,7-10H2. The summed E-state index contributed by atoms with van der Waals surface area (Å²) in [6, 6.07) is 9.69. The number of fused-ring (bicyclic) bond motifs is 1. The van der Waals surface area contributed by atoms with Gasteiger partial charge in [0.05, 0.1) is 18.2 Å². The summed E-state index contributed by atoms with van der Waals surface area (Å²) in [4.78, 5) is 0. The summed E-state index contributed by atoms with van der Waals surface area (Å²) in [6.45, 7) is 1.11. The Balaban J connectivity index is 2.33. The molecular weight excluding hydrogens is 331 g/mol. The maximum Gasteiger partial charge on any atom is 0.145 e. The lowest BCUT2D eigenvalue weighted by molar-refractivity contribution is 0.315. The van der Waals surface area contributed by atoms with Crippen molar-refractivity contribution >= 4 is 45.6 Å². The highest BCUT2D eigenvalue weighted by atomic mass is 35.5. The van der Waals surface area contributed by atoms with Gasteiger partial charge < -0.3 is 9.47 Å². The fourth-order valence-electron chi connectivity index (χ4n) is 2.01. The number of ether oxygens (including phenoxy) is 2. The monoisotopic (exact) mass is 346 g/mol. The smallest absolute Gasteiger partial charge is 0.145 e. The van der Waals surface area contributed by atoms with Gasteiger partial charge in [-0.3, -0.25) is 0 Å². The second-order valence-electron chi connectivity index (χ2n) is 4.51. The molecule has 0 unspecified atom stereocenters. The predicted molar refractivity (Wildman–Crippen MR) is 90.6 cm³/mol. The van der Waals surface area contributed by atoms with Crippen LogP contribution in [-0.2, 0) is 0 Å². The zero-order valence-corrected chi connectivity index (χ0v) is 13.8. The molecule has 0 aliphatic heterocycles. The van der Waals surface area contributed by atoms with Gasteiger partial charge in [-0.2, -0.15) is 0 Å². The summed E-state index contributed by atoms with van der Waals surface area (Å²) in [6.07, 6.45) is 1.57. The van der Waals surface area contributed by atoms with Crippen LogP contribution in [0.4, 0.5) is 0 Å². The van der Waals surface area contributed by atoms with Crippen molar-refractivity contribution in [1.82, 2.24) is 0 Å². The van der Waals surface area contributed by atoms with Crippen LogP contribution in [0.15, 0.2) is 30.3 Å². The lowest BCUT2D eigenvalue weighted by Crippen LogP contribution is -2.02. The minimum absolute atomic E-state index is 0.541.